The molecule has 0 amide bonds. The molecule has 0 radical (unpaired) electrons. The zero-order valence-electron chi connectivity index (χ0n) is 9.96. The Bertz CT molecular complexity index is 512. The minimum atomic E-state index is 0.471. The molecule has 0 saturated carbocycles. The lowest BCUT2D eigenvalue weighted by Crippen LogP contribution is -2.20. The summed E-state index contributed by atoms with van der Waals surface area (Å²) in [5.74, 6) is 1.08. The van der Waals surface area contributed by atoms with E-state index < -0.39 is 0 Å². The average molecular weight is 229 g/mol. The Kier molecular flexibility index (Phi) is 3.18. The predicted molar refractivity (Wildman–Crippen MR) is 67.5 cm³/mol. The number of hydrogen-bond acceptors (Lipinski definition) is 5. The number of anilines is 2. The summed E-state index contributed by atoms with van der Waals surface area (Å²) >= 11 is 0. The molecule has 0 unspecified atom stereocenters. The number of rotatable bonds is 3. The van der Waals surface area contributed by atoms with E-state index >= 15 is 0 Å². The first kappa shape index (κ1) is 11.3. The third-order valence-electron chi connectivity index (χ3n) is 2.35. The van der Waals surface area contributed by atoms with E-state index in [1.807, 2.05) is 37.1 Å². The summed E-state index contributed by atoms with van der Waals surface area (Å²) < 4.78 is 0. The van der Waals surface area contributed by atoms with Gasteiger partial charge in [-0.2, -0.15) is 4.98 Å². The molecule has 17 heavy (non-hydrogen) atoms. The summed E-state index contributed by atoms with van der Waals surface area (Å²) in [6.07, 6.45) is 1.65. The maximum absolute atomic E-state index is 5.62. The van der Waals surface area contributed by atoms with Crippen molar-refractivity contribution in [2.24, 2.45) is 0 Å². The highest BCUT2D eigenvalue weighted by Crippen LogP contribution is 2.10. The highest BCUT2D eigenvalue weighted by Gasteiger charge is 2.06. The molecule has 5 heteroatoms. The van der Waals surface area contributed by atoms with Crippen molar-refractivity contribution in [3.8, 4) is 0 Å². The zero-order valence-corrected chi connectivity index (χ0v) is 9.96. The van der Waals surface area contributed by atoms with Crippen LogP contribution in [0.5, 0.6) is 0 Å². The van der Waals surface area contributed by atoms with E-state index in [2.05, 4.69) is 15.0 Å². The minimum Gasteiger partial charge on any atom is -0.384 e. The molecule has 2 heterocycles. The maximum Gasteiger partial charge on any atom is 0.227 e. The fourth-order valence-corrected chi connectivity index (χ4v) is 1.55. The highest BCUT2D eigenvalue weighted by molar-refractivity contribution is 5.37. The van der Waals surface area contributed by atoms with Crippen LogP contribution in [0.4, 0.5) is 11.8 Å². The molecule has 0 aliphatic carbocycles. The lowest BCUT2D eigenvalue weighted by atomic mass is 10.3. The third-order valence-corrected chi connectivity index (χ3v) is 2.35. The lowest BCUT2D eigenvalue weighted by molar-refractivity contribution is 0.837. The smallest absolute Gasteiger partial charge is 0.227 e. The zero-order chi connectivity index (χ0) is 12.3. The fraction of sp³-hybridized carbons (Fsp3) is 0.250. The summed E-state index contributed by atoms with van der Waals surface area (Å²) in [5.41, 5.74) is 7.61. The van der Waals surface area contributed by atoms with Crippen LogP contribution in [0.15, 0.2) is 30.5 Å². The summed E-state index contributed by atoms with van der Waals surface area (Å²) in [4.78, 5) is 14.7. The number of nitrogen functional groups attached to an aromatic ring is 1. The van der Waals surface area contributed by atoms with E-state index in [1.54, 1.807) is 12.3 Å². The lowest BCUT2D eigenvalue weighted by Gasteiger charge is -2.16. The van der Waals surface area contributed by atoms with Crippen molar-refractivity contribution in [2.75, 3.05) is 17.7 Å². The van der Waals surface area contributed by atoms with Crippen molar-refractivity contribution in [3.63, 3.8) is 0 Å². The van der Waals surface area contributed by atoms with Crippen molar-refractivity contribution in [1.82, 2.24) is 15.0 Å². The molecule has 5 nitrogen and oxygen atoms in total. The second kappa shape index (κ2) is 4.78. The molecule has 0 aliphatic heterocycles. The molecule has 2 rings (SSSR count). The van der Waals surface area contributed by atoms with Gasteiger partial charge in [0.15, 0.2) is 0 Å². The van der Waals surface area contributed by atoms with Crippen LogP contribution in [0.3, 0.4) is 0 Å². The van der Waals surface area contributed by atoms with Crippen LogP contribution < -0.4 is 10.6 Å². The molecule has 0 bridgehead atoms. The van der Waals surface area contributed by atoms with Gasteiger partial charge in [0.2, 0.25) is 5.95 Å². The van der Waals surface area contributed by atoms with Crippen LogP contribution in [0.25, 0.3) is 0 Å². The van der Waals surface area contributed by atoms with Crippen molar-refractivity contribution in [3.05, 3.63) is 41.9 Å². The molecule has 0 fully saturated rings. The Morgan fingerprint density at radius 1 is 1.24 bits per heavy atom. The van der Waals surface area contributed by atoms with E-state index in [1.165, 1.54) is 0 Å². The van der Waals surface area contributed by atoms with E-state index in [0.29, 0.717) is 18.3 Å². The molecule has 0 atom stereocenters. The van der Waals surface area contributed by atoms with Gasteiger partial charge in [-0.15, -0.1) is 0 Å². The first-order chi connectivity index (χ1) is 8.15. The molecule has 2 aromatic heterocycles. The monoisotopic (exact) mass is 229 g/mol. The van der Waals surface area contributed by atoms with Crippen LogP contribution in [-0.4, -0.2) is 22.0 Å². The highest BCUT2D eigenvalue weighted by atomic mass is 15.2. The Morgan fingerprint density at radius 3 is 2.76 bits per heavy atom. The van der Waals surface area contributed by atoms with E-state index in [4.69, 9.17) is 5.73 Å². The number of pyridine rings is 1. The molecule has 88 valence electrons. The fourth-order valence-electron chi connectivity index (χ4n) is 1.55. The van der Waals surface area contributed by atoms with Gasteiger partial charge in [-0.25, -0.2) is 4.98 Å². The van der Waals surface area contributed by atoms with Gasteiger partial charge in [-0.1, -0.05) is 6.07 Å². The summed E-state index contributed by atoms with van der Waals surface area (Å²) in [5, 5.41) is 0. The van der Waals surface area contributed by atoms with E-state index in [9.17, 15) is 0 Å². The van der Waals surface area contributed by atoms with Crippen LogP contribution in [-0.2, 0) is 6.54 Å². The number of nitrogens with zero attached hydrogens (tertiary/aromatic N) is 4. The van der Waals surface area contributed by atoms with Gasteiger partial charge in [0.1, 0.15) is 5.82 Å². The average Bonchev–Trinajstić information content (AvgIpc) is 2.29. The van der Waals surface area contributed by atoms with Crippen molar-refractivity contribution < 1.29 is 0 Å². The maximum atomic E-state index is 5.62. The van der Waals surface area contributed by atoms with Gasteiger partial charge in [0, 0.05) is 18.9 Å². The number of hydrogen-bond donors (Lipinski definition) is 1. The molecular weight excluding hydrogens is 214 g/mol. The largest absolute Gasteiger partial charge is 0.384 e. The van der Waals surface area contributed by atoms with Crippen molar-refractivity contribution in [1.29, 1.82) is 0 Å². The second-order valence-corrected chi connectivity index (χ2v) is 3.91. The minimum absolute atomic E-state index is 0.471. The summed E-state index contributed by atoms with van der Waals surface area (Å²) in [6.45, 7) is 2.63. The molecule has 0 aliphatic rings. The van der Waals surface area contributed by atoms with Gasteiger partial charge in [0.25, 0.3) is 0 Å². The van der Waals surface area contributed by atoms with Crippen LogP contribution in [0, 0.1) is 6.92 Å². The van der Waals surface area contributed by atoms with Gasteiger partial charge >= 0.3 is 0 Å². The Hall–Kier alpha value is -2.17. The third kappa shape index (κ3) is 2.90. The molecule has 2 N–H and O–H groups in total. The Balaban J connectivity index is 2.14. The van der Waals surface area contributed by atoms with Crippen molar-refractivity contribution in [2.45, 2.75) is 13.5 Å². The predicted octanol–water partition coefficient (Wildman–Crippen LogP) is 1.40. The molecule has 0 spiro atoms. The molecular formula is C12H15N5. The Morgan fingerprint density at radius 2 is 2.06 bits per heavy atom. The number of nitrogens with two attached hydrogens (primary N) is 1. The van der Waals surface area contributed by atoms with Gasteiger partial charge in [0.05, 0.1) is 12.2 Å². The van der Waals surface area contributed by atoms with Gasteiger partial charge in [-0.05, 0) is 25.1 Å². The first-order valence-electron chi connectivity index (χ1n) is 5.37. The molecule has 2 aromatic rings. The normalized spacial score (nSPS) is 10.2. The second-order valence-electron chi connectivity index (χ2n) is 3.91. The number of aryl methyl sites for hydroxylation is 1. The van der Waals surface area contributed by atoms with Gasteiger partial charge < -0.3 is 10.6 Å². The topological polar surface area (TPSA) is 67.9 Å². The number of aromatic nitrogens is 3. The SMILES string of the molecule is Cc1cccc(CN(C)c2nccc(N)n2)n1. The van der Waals surface area contributed by atoms with Crippen LogP contribution in [0.1, 0.15) is 11.4 Å². The van der Waals surface area contributed by atoms with Crippen LogP contribution >= 0.6 is 0 Å². The van der Waals surface area contributed by atoms with E-state index in [-0.39, 0.29) is 0 Å². The van der Waals surface area contributed by atoms with E-state index in [0.717, 1.165) is 11.4 Å². The van der Waals surface area contributed by atoms with Crippen LogP contribution in [0.2, 0.25) is 0 Å². The quantitative estimate of drug-likeness (QED) is 0.861. The Labute approximate surface area is 100 Å². The van der Waals surface area contributed by atoms with Crippen molar-refractivity contribution >= 4 is 11.8 Å². The first-order valence-corrected chi connectivity index (χ1v) is 5.37. The standard InChI is InChI=1S/C12H15N5/c1-9-4-3-5-10(15-9)8-17(2)12-14-7-6-11(13)16-12/h3-7H,8H2,1-2H3,(H2,13,14,16). The molecule has 0 saturated heterocycles. The summed E-state index contributed by atoms with van der Waals surface area (Å²) in [6, 6.07) is 7.62. The molecule has 0 aromatic carbocycles. The van der Waals surface area contributed by atoms with Gasteiger partial charge in [-0.3, -0.25) is 4.98 Å². The summed E-state index contributed by atoms with van der Waals surface area (Å²) in [7, 11) is 1.92.